The molecule has 0 saturated heterocycles. The van der Waals surface area contributed by atoms with E-state index in [2.05, 4.69) is 49.3 Å². The molecule has 0 spiro atoms. The first-order valence-corrected chi connectivity index (χ1v) is 11.5. The Morgan fingerprint density at radius 2 is 1.40 bits per heavy atom. The number of unbranched alkanes of at least 4 members (excludes halogenated alkanes) is 3. The van der Waals surface area contributed by atoms with Crippen molar-refractivity contribution in [3.05, 3.63) is 6.20 Å². The van der Waals surface area contributed by atoms with E-state index in [4.69, 9.17) is 0 Å². The Bertz CT molecular complexity index is 337. The van der Waals surface area contributed by atoms with Crippen molar-refractivity contribution < 1.29 is 0 Å². The summed E-state index contributed by atoms with van der Waals surface area (Å²) in [5.41, 5.74) is 1.34. The molecule has 0 aliphatic heterocycles. The third-order valence-corrected chi connectivity index (χ3v) is 12.8. The van der Waals surface area contributed by atoms with E-state index in [0.29, 0.717) is 0 Å². The van der Waals surface area contributed by atoms with E-state index in [-0.39, 0.29) is 0 Å². The van der Waals surface area contributed by atoms with Crippen LogP contribution in [0, 0.1) is 0 Å². The van der Waals surface area contributed by atoms with Crippen molar-refractivity contribution in [1.29, 1.82) is 0 Å². The van der Waals surface area contributed by atoms with Gasteiger partial charge in [-0.2, -0.15) is 0 Å². The van der Waals surface area contributed by atoms with Crippen molar-refractivity contribution in [2.75, 3.05) is 24.6 Å². The van der Waals surface area contributed by atoms with Crippen LogP contribution in [0.25, 0.3) is 0 Å². The van der Waals surface area contributed by atoms with Crippen LogP contribution in [-0.2, 0) is 0 Å². The number of aromatic amines is 1. The summed E-state index contributed by atoms with van der Waals surface area (Å²) in [5, 5.41) is 11.6. The van der Waals surface area contributed by atoms with E-state index in [1.54, 1.807) is 0 Å². The van der Waals surface area contributed by atoms with Crippen LogP contribution in [0.5, 0.6) is 0 Å². The van der Waals surface area contributed by atoms with Crippen molar-refractivity contribution in [2.24, 2.45) is 0 Å². The second-order valence-corrected chi connectivity index (χ2v) is 12.7. The number of hydrogen-bond acceptors (Lipinski definition) is 2. The first-order chi connectivity index (χ1) is 9.67. The number of rotatable bonds is 11. The van der Waals surface area contributed by atoms with E-state index in [9.17, 15) is 0 Å². The fourth-order valence-corrected chi connectivity index (χ4v) is 10.3. The molecule has 1 aromatic heterocycles. The molecule has 1 heterocycles. The standard InChI is InChI=1S/C16H34N3P/c1-5-9-12-20(8-4,13-10-6-2,14-11-7-3)16-15-17-19-18-16/h15H,5-14H2,1-4H3,(H,17,18,19). The van der Waals surface area contributed by atoms with Crippen molar-refractivity contribution in [3.63, 3.8) is 0 Å². The third kappa shape index (κ3) is 3.61. The first-order valence-electron chi connectivity index (χ1n) is 8.54. The van der Waals surface area contributed by atoms with Gasteiger partial charge in [-0.3, -0.25) is 0 Å². The zero-order chi connectivity index (χ0) is 14.9. The molecule has 4 heteroatoms. The molecule has 0 amide bonds. The third-order valence-electron chi connectivity index (χ3n) is 5.17. The molecule has 20 heavy (non-hydrogen) atoms. The summed E-state index contributed by atoms with van der Waals surface area (Å²) in [6.07, 6.45) is 15.4. The minimum absolute atomic E-state index is 1.29. The van der Waals surface area contributed by atoms with Gasteiger partial charge in [0.25, 0.3) is 0 Å². The summed E-state index contributed by atoms with van der Waals surface area (Å²) in [6, 6.07) is 0. The summed E-state index contributed by atoms with van der Waals surface area (Å²) in [7, 11) is 0. The minimum atomic E-state index is -1.90. The van der Waals surface area contributed by atoms with Gasteiger partial charge in [-0.1, -0.05) is 0 Å². The predicted octanol–water partition coefficient (Wildman–Crippen LogP) is 4.40. The number of nitrogens with zero attached hydrogens (tertiary/aromatic N) is 2. The molecule has 0 saturated carbocycles. The maximum absolute atomic E-state index is 4.54. The van der Waals surface area contributed by atoms with Crippen LogP contribution >= 0.6 is 6.60 Å². The van der Waals surface area contributed by atoms with E-state index in [0.717, 1.165) is 0 Å². The van der Waals surface area contributed by atoms with E-state index >= 15 is 0 Å². The van der Waals surface area contributed by atoms with Gasteiger partial charge < -0.3 is 0 Å². The van der Waals surface area contributed by atoms with Gasteiger partial charge in [0.2, 0.25) is 0 Å². The maximum atomic E-state index is 4.54. The van der Waals surface area contributed by atoms with Crippen LogP contribution in [0.2, 0.25) is 0 Å². The van der Waals surface area contributed by atoms with Crippen LogP contribution in [0.3, 0.4) is 0 Å². The summed E-state index contributed by atoms with van der Waals surface area (Å²) < 4.78 is 0. The first kappa shape index (κ1) is 17.6. The monoisotopic (exact) mass is 299 g/mol. The summed E-state index contributed by atoms with van der Waals surface area (Å²) in [5.74, 6) is 0. The van der Waals surface area contributed by atoms with E-state index in [1.807, 2.05) is 0 Å². The topological polar surface area (TPSA) is 41.6 Å². The normalized spacial score (nSPS) is 14.1. The van der Waals surface area contributed by atoms with Crippen molar-refractivity contribution in [2.45, 2.75) is 66.2 Å². The Labute approximate surface area is 125 Å². The molecule has 118 valence electrons. The molecule has 1 N–H and O–H groups in total. The number of nitrogens with one attached hydrogen (secondary N) is 1. The second-order valence-electron chi connectivity index (χ2n) is 6.35. The molecule has 0 radical (unpaired) electrons. The summed E-state index contributed by atoms with van der Waals surface area (Å²) in [6.45, 7) is 7.44. The Morgan fingerprint density at radius 3 is 1.70 bits per heavy atom. The van der Waals surface area contributed by atoms with Gasteiger partial charge in [0.1, 0.15) is 0 Å². The molecule has 3 nitrogen and oxygen atoms in total. The summed E-state index contributed by atoms with van der Waals surface area (Å²) >= 11 is 0. The van der Waals surface area contributed by atoms with Crippen LogP contribution in [-0.4, -0.2) is 40.1 Å². The Balaban J connectivity index is 3.20. The average molecular weight is 299 g/mol. The zero-order valence-corrected chi connectivity index (χ0v) is 14.9. The van der Waals surface area contributed by atoms with Gasteiger partial charge in [0.15, 0.2) is 0 Å². The average Bonchev–Trinajstić information content (AvgIpc) is 3.03. The molecule has 0 atom stereocenters. The predicted molar refractivity (Wildman–Crippen MR) is 92.8 cm³/mol. The molecule has 1 aromatic rings. The van der Waals surface area contributed by atoms with E-state index < -0.39 is 6.60 Å². The second kappa shape index (κ2) is 8.12. The van der Waals surface area contributed by atoms with Gasteiger partial charge in [-0.15, -0.1) is 0 Å². The van der Waals surface area contributed by atoms with Gasteiger partial charge in [-0.25, -0.2) is 0 Å². The molecule has 0 bridgehead atoms. The van der Waals surface area contributed by atoms with Crippen LogP contribution in [0.4, 0.5) is 0 Å². The fourth-order valence-electron chi connectivity index (χ4n) is 3.54. The van der Waals surface area contributed by atoms with Crippen molar-refractivity contribution in [3.8, 4) is 0 Å². The quantitative estimate of drug-likeness (QED) is 0.615. The van der Waals surface area contributed by atoms with Crippen LogP contribution < -0.4 is 5.44 Å². The van der Waals surface area contributed by atoms with Gasteiger partial charge in [0, 0.05) is 0 Å². The molecule has 0 unspecified atom stereocenters. The van der Waals surface area contributed by atoms with E-state index in [1.165, 1.54) is 68.6 Å². The Kier molecular flexibility index (Phi) is 7.15. The molecular formula is C16H34N3P. The van der Waals surface area contributed by atoms with Crippen LogP contribution in [0.1, 0.15) is 66.2 Å². The van der Waals surface area contributed by atoms with Gasteiger partial charge >= 0.3 is 125 Å². The Morgan fingerprint density at radius 1 is 0.900 bits per heavy atom. The molecule has 1 rings (SSSR count). The number of hydrogen-bond donors (Lipinski definition) is 1. The SMILES string of the molecule is CCCCP(CC)(CCCC)(CCCC)c1c[nH]nn1. The molecule has 0 aliphatic carbocycles. The Hall–Kier alpha value is -0.430. The van der Waals surface area contributed by atoms with Gasteiger partial charge in [0.05, 0.1) is 0 Å². The van der Waals surface area contributed by atoms with Crippen LogP contribution in [0.15, 0.2) is 6.20 Å². The van der Waals surface area contributed by atoms with Crippen molar-refractivity contribution >= 4 is 12.0 Å². The molecule has 0 aromatic carbocycles. The zero-order valence-electron chi connectivity index (χ0n) is 14.0. The number of H-pyrrole nitrogens is 1. The number of aromatic nitrogens is 3. The summed E-state index contributed by atoms with van der Waals surface area (Å²) in [4.78, 5) is 0. The van der Waals surface area contributed by atoms with Crippen molar-refractivity contribution in [1.82, 2.24) is 15.4 Å². The molecular weight excluding hydrogens is 265 g/mol. The van der Waals surface area contributed by atoms with Gasteiger partial charge in [-0.05, 0) is 0 Å². The fraction of sp³-hybridized carbons (Fsp3) is 0.875. The molecule has 0 fully saturated rings. The molecule has 0 aliphatic rings.